The van der Waals surface area contributed by atoms with Gasteiger partial charge in [-0.25, -0.2) is 0 Å². The molecule has 5 heteroatoms. The SMILES string of the molecule is NCCC(=O)NC(=O)CCc1ccccc1N. The van der Waals surface area contributed by atoms with Gasteiger partial charge < -0.3 is 11.5 Å². The van der Waals surface area contributed by atoms with E-state index in [-0.39, 0.29) is 31.2 Å². The van der Waals surface area contributed by atoms with Crippen molar-refractivity contribution in [1.82, 2.24) is 5.32 Å². The van der Waals surface area contributed by atoms with Gasteiger partial charge in [0.05, 0.1) is 0 Å². The molecule has 1 rings (SSSR count). The summed E-state index contributed by atoms with van der Waals surface area (Å²) in [7, 11) is 0. The van der Waals surface area contributed by atoms with Crippen molar-refractivity contribution in [1.29, 1.82) is 0 Å². The van der Waals surface area contributed by atoms with Crippen molar-refractivity contribution in [3.05, 3.63) is 29.8 Å². The normalized spacial score (nSPS) is 9.94. The average molecular weight is 235 g/mol. The first-order valence-corrected chi connectivity index (χ1v) is 5.49. The molecule has 1 aromatic rings. The number of carbonyl (C=O) groups excluding carboxylic acids is 2. The Bertz CT molecular complexity index is 404. The lowest BCUT2D eigenvalue weighted by atomic mass is 10.1. The number of nitrogens with one attached hydrogen (secondary N) is 1. The van der Waals surface area contributed by atoms with Crippen molar-refractivity contribution in [2.45, 2.75) is 19.3 Å². The van der Waals surface area contributed by atoms with E-state index in [0.29, 0.717) is 12.1 Å². The zero-order chi connectivity index (χ0) is 12.7. The van der Waals surface area contributed by atoms with Crippen molar-refractivity contribution < 1.29 is 9.59 Å². The van der Waals surface area contributed by atoms with Gasteiger partial charge in [-0.3, -0.25) is 14.9 Å². The second-order valence-corrected chi connectivity index (χ2v) is 3.71. The summed E-state index contributed by atoms with van der Waals surface area (Å²) in [4.78, 5) is 22.5. The Labute approximate surface area is 100 Å². The third-order valence-corrected chi connectivity index (χ3v) is 2.33. The minimum atomic E-state index is -0.335. The summed E-state index contributed by atoms with van der Waals surface area (Å²) in [5, 5.41) is 2.27. The number of imide groups is 1. The van der Waals surface area contributed by atoms with Gasteiger partial charge in [-0.2, -0.15) is 0 Å². The maximum absolute atomic E-state index is 11.4. The molecule has 0 aliphatic rings. The highest BCUT2D eigenvalue weighted by atomic mass is 16.2. The molecular weight excluding hydrogens is 218 g/mol. The van der Waals surface area contributed by atoms with Crippen molar-refractivity contribution in [3.63, 3.8) is 0 Å². The van der Waals surface area contributed by atoms with Crippen molar-refractivity contribution in [2.75, 3.05) is 12.3 Å². The lowest BCUT2D eigenvalue weighted by Gasteiger charge is -2.05. The molecule has 0 saturated heterocycles. The number of para-hydroxylation sites is 1. The fraction of sp³-hybridized carbons (Fsp3) is 0.333. The largest absolute Gasteiger partial charge is 0.399 e. The molecule has 5 N–H and O–H groups in total. The van der Waals surface area contributed by atoms with Crippen LogP contribution in [-0.4, -0.2) is 18.4 Å². The standard InChI is InChI=1S/C12H17N3O2/c13-8-7-12(17)15-11(16)6-5-9-3-1-2-4-10(9)14/h1-4H,5-8,13-14H2,(H,15,16,17). The van der Waals surface area contributed by atoms with Crippen LogP contribution < -0.4 is 16.8 Å². The molecule has 1 aromatic carbocycles. The number of hydrogen-bond donors (Lipinski definition) is 3. The molecule has 2 amide bonds. The zero-order valence-electron chi connectivity index (χ0n) is 9.61. The molecule has 92 valence electrons. The molecule has 0 heterocycles. The number of benzene rings is 1. The van der Waals surface area contributed by atoms with Crippen molar-refractivity contribution in [3.8, 4) is 0 Å². The Morgan fingerprint density at radius 3 is 2.41 bits per heavy atom. The lowest BCUT2D eigenvalue weighted by Crippen LogP contribution is -2.31. The summed E-state index contributed by atoms with van der Waals surface area (Å²) in [5.41, 5.74) is 12.5. The molecule has 0 saturated carbocycles. The third-order valence-electron chi connectivity index (χ3n) is 2.33. The fourth-order valence-electron chi connectivity index (χ4n) is 1.42. The van der Waals surface area contributed by atoms with Crippen LogP contribution in [0.5, 0.6) is 0 Å². The Morgan fingerprint density at radius 2 is 1.76 bits per heavy atom. The van der Waals surface area contributed by atoms with Crippen LogP contribution in [0.3, 0.4) is 0 Å². The van der Waals surface area contributed by atoms with Crippen LogP contribution in [0.1, 0.15) is 18.4 Å². The maximum Gasteiger partial charge on any atom is 0.227 e. The van der Waals surface area contributed by atoms with E-state index in [1.54, 1.807) is 6.07 Å². The number of carbonyl (C=O) groups is 2. The van der Waals surface area contributed by atoms with E-state index in [2.05, 4.69) is 5.32 Å². The molecule has 0 aliphatic heterocycles. The van der Waals surface area contributed by atoms with Crippen LogP contribution in [0, 0.1) is 0 Å². The molecule has 5 nitrogen and oxygen atoms in total. The summed E-state index contributed by atoms with van der Waals surface area (Å²) in [5.74, 6) is -0.634. The van der Waals surface area contributed by atoms with Gasteiger partial charge >= 0.3 is 0 Å². The topological polar surface area (TPSA) is 98.2 Å². The average Bonchev–Trinajstić information content (AvgIpc) is 2.28. The number of aryl methyl sites for hydroxylation is 1. The predicted octanol–water partition coefficient (Wildman–Crippen LogP) is 0.193. The van der Waals surface area contributed by atoms with Crippen LogP contribution in [0.4, 0.5) is 5.69 Å². The van der Waals surface area contributed by atoms with E-state index in [1.165, 1.54) is 0 Å². The Hall–Kier alpha value is -1.88. The summed E-state index contributed by atoms with van der Waals surface area (Å²) < 4.78 is 0. The first-order chi connectivity index (χ1) is 8.13. The Morgan fingerprint density at radius 1 is 1.12 bits per heavy atom. The van der Waals surface area contributed by atoms with E-state index in [0.717, 1.165) is 5.56 Å². The molecule has 0 bridgehead atoms. The summed E-state index contributed by atoms with van der Waals surface area (Å²) in [6.07, 6.45) is 0.929. The molecular formula is C12H17N3O2. The first kappa shape index (κ1) is 13.2. The smallest absolute Gasteiger partial charge is 0.227 e. The summed E-state index contributed by atoms with van der Waals surface area (Å²) in [6.45, 7) is 0.241. The molecule has 17 heavy (non-hydrogen) atoms. The highest BCUT2D eigenvalue weighted by Crippen LogP contribution is 2.12. The van der Waals surface area contributed by atoms with Crippen LogP contribution in [0.2, 0.25) is 0 Å². The van der Waals surface area contributed by atoms with Gasteiger partial charge in [-0.15, -0.1) is 0 Å². The van der Waals surface area contributed by atoms with Gasteiger partial charge in [0, 0.05) is 25.1 Å². The zero-order valence-corrected chi connectivity index (χ0v) is 9.61. The monoisotopic (exact) mass is 235 g/mol. The Kier molecular flexibility index (Phi) is 5.16. The van der Waals surface area contributed by atoms with E-state index in [9.17, 15) is 9.59 Å². The van der Waals surface area contributed by atoms with Gasteiger partial charge in [-0.1, -0.05) is 18.2 Å². The number of anilines is 1. The van der Waals surface area contributed by atoms with Crippen LogP contribution in [0.25, 0.3) is 0 Å². The van der Waals surface area contributed by atoms with E-state index in [1.807, 2.05) is 18.2 Å². The lowest BCUT2D eigenvalue weighted by molar-refractivity contribution is -0.130. The van der Waals surface area contributed by atoms with Gasteiger partial charge in [0.15, 0.2) is 0 Å². The first-order valence-electron chi connectivity index (χ1n) is 5.49. The quantitative estimate of drug-likeness (QED) is 0.634. The molecule has 0 radical (unpaired) electrons. The van der Waals surface area contributed by atoms with Crippen molar-refractivity contribution in [2.24, 2.45) is 5.73 Å². The van der Waals surface area contributed by atoms with E-state index < -0.39 is 0 Å². The van der Waals surface area contributed by atoms with Crippen LogP contribution in [0.15, 0.2) is 24.3 Å². The number of hydrogen-bond acceptors (Lipinski definition) is 4. The predicted molar refractivity (Wildman–Crippen MR) is 66.0 cm³/mol. The molecule has 0 unspecified atom stereocenters. The highest BCUT2D eigenvalue weighted by Gasteiger charge is 2.07. The third kappa shape index (κ3) is 4.65. The number of nitrogen functional groups attached to an aromatic ring is 1. The van der Waals surface area contributed by atoms with Crippen LogP contribution >= 0.6 is 0 Å². The van der Waals surface area contributed by atoms with Gasteiger partial charge in [0.2, 0.25) is 11.8 Å². The van der Waals surface area contributed by atoms with Crippen LogP contribution in [-0.2, 0) is 16.0 Å². The highest BCUT2D eigenvalue weighted by molar-refractivity contribution is 5.95. The van der Waals surface area contributed by atoms with Crippen molar-refractivity contribution >= 4 is 17.5 Å². The number of amides is 2. The summed E-state index contributed by atoms with van der Waals surface area (Å²) in [6, 6.07) is 7.35. The van der Waals surface area contributed by atoms with E-state index >= 15 is 0 Å². The molecule has 0 fully saturated rings. The molecule has 0 spiro atoms. The Balaban J connectivity index is 2.38. The molecule has 0 atom stereocenters. The fourth-order valence-corrected chi connectivity index (χ4v) is 1.42. The van der Waals surface area contributed by atoms with Gasteiger partial charge in [0.25, 0.3) is 0 Å². The second kappa shape index (κ2) is 6.65. The van der Waals surface area contributed by atoms with Gasteiger partial charge in [0.1, 0.15) is 0 Å². The minimum absolute atomic E-state index is 0.166. The molecule has 0 aliphatic carbocycles. The minimum Gasteiger partial charge on any atom is -0.399 e. The number of rotatable bonds is 5. The number of nitrogens with two attached hydrogens (primary N) is 2. The summed E-state index contributed by atoms with van der Waals surface area (Å²) >= 11 is 0. The van der Waals surface area contributed by atoms with E-state index in [4.69, 9.17) is 11.5 Å². The second-order valence-electron chi connectivity index (χ2n) is 3.71. The molecule has 0 aromatic heterocycles. The van der Waals surface area contributed by atoms with Gasteiger partial charge in [-0.05, 0) is 18.1 Å². The maximum atomic E-state index is 11.4.